The second-order valence-corrected chi connectivity index (χ2v) is 8.71. The molecular weight excluding hydrogens is 432 g/mol. The monoisotopic (exact) mass is 454 g/mol. The van der Waals surface area contributed by atoms with E-state index < -0.39 is 29.7 Å². The van der Waals surface area contributed by atoms with Gasteiger partial charge in [0.1, 0.15) is 12.3 Å². The number of nitrogens with one attached hydrogen (secondary N) is 1. The van der Waals surface area contributed by atoms with E-state index in [1.165, 1.54) is 32.3 Å². The van der Waals surface area contributed by atoms with Crippen LogP contribution < -0.4 is 11.2 Å². The Labute approximate surface area is 193 Å². The quantitative estimate of drug-likeness (QED) is 0.362. The van der Waals surface area contributed by atoms with E-state index in [1.807, 2.05) is 12.1 Å². The Balaban J connectivity index is 1.44. The molecule has 7 nitrogen and oxygen atoms in total. The molecule has 1 aliphatic rings. The van der Waals surface area contributed by atoms with Crippen molar-refractivity contribution in [2.75, 3.05) is 6.61 Å². The van der Waals surface area contributed by atoms with Crippen molar-refractivity contribution < 1.29 is 14.9 Å². The number of rotatable bonds is 4. The summed E-state index contributed by atoms with van der Waals surface area (Å²) in [6.45, 7) is -0.350. The largest absolute Gasteiger partial charge is 0.394 e. The Morgan fingerprint density at radius 3 is 2.35 bits per heavy atom. The van der Waals surface area contributed by atoms with Crippen LogP contribution in [0.1, 0.15) is 23.8 Å². The highest BCUT2D eigenvalue weighted by Crippen LogP contribution is 2.36. The molecule has 3 atom stereocenters. The van der Waals surface area contributed by atoms with Gasteiger partial charge in [0.15, 0.2) is 0 Å². The molecule has 6 rings (SSSR count). The van der Waals surface area contributed by atoms with Gasteiger partial charge in [-0.05, 0) is 44.0 Å². The van der Waals surface area contributed by atoms with Gasteiger partial charge in [-0.2, -0.15) is 0 Å². The molecule has 2 heterocycles. The minimum atomic E-state index is -0.884. The van der Waals surface area contributed by atoms with Crippen molar-refractivity contribution in [1.29, 1.82) is 0 Å². The summed E-state index contributed by atoms with van der Waals surface area (Å²) in [5, 5.41) is 26.3. The van der Waals surface area contributed by atoms with Crippen molar-refractivity contribution in [3.8, 4) is 0 Å². The number of benzene rings is 4. The van der Waals surface area contributed by atoms with Crippen LogP contribution in [0.15, 0.2) is 70.4 Å². The molecule has 0 aliphatic carbocycles. The molecule has 170 valence electrons. The topological polar surface area (TPSA) is 105 Å². The zero-order chi connectivity index (χ0) is 23.4. The maximum absolute atomic E-state index is 12.5. The summed E-state index contributed by atoms with van der Waals surface area (Å²) < 4.78 is 6.84. The molecule has 0 bridgehead atoms. The maximum atomic E-state index is 12.5. The van der Waals surface area contributed by atoms with Crippen LogP contribution in [0, 0.1) is 0 Å². The van der Waals surface area contributed by atoms with Gasteiger partial charge in [0, 0.05) is 12.6 Å². The lowest BCUT2D eigenvalue weighted by Crippen LogP contribution is -2.33. The molecule has 7 heteroatoms. The second kappa shape index (κ2) is 7.92. The van der Waals surface area contributed by atoms with Crippen molar-refractivity contribution in [3.05, 3.63) is 92.8 Å². The summed E-state index contributed by atoms with van der Waals surface area (Å²) in [5.74, 6) is 0. The Hall–Kier alpha value is -3.78. The standard InChI is InChI=1S/C27H22N2O5/c30-14-22-21(31)12-23(34-22)29-13-19(26(32)28-27(29)33)9-5-15-4-6-18-8-7-16-2-1-3-17-10-11-20(15)25(18)24(16)17/h1-11,13,21-23,30-31H,12,14H2,(H,28,32,33)/t21-,22+,23+/m0/s1. The van der Waals surface area contributed by atoms with Crippen LogP contribution in [0.25, 0.3) is 44.5 Å². The van der Waals surface area contributed by atoms with Crippen molar-refractivity contribution in [1.82, 2.24) is 9.55 Å². The second-order valence-electron chi connectivity index (χ2n) is 8.71. The summed E-state index contributed by atoms with van der Waals surface area (Å²) in [6.07, 6.45) is 2.71. The zero-order valence-electron chi connectivity index (χ0n) is 18.1. The maximum Gasteiger partial charge on any atom is 0.330 e. The molecule has 0 saturated carbocycles. The van der Waals surface area contributed by atoms with Crippen LogP contribution in [0.3, 0.4) is 0 Å². The van der Waals surface area contributed by atoms with Crippen LogP contribution >= 0.6 is 0 Å². The van der Waals surface area contributed by atoms with Crippen LogP contribution in [-0.2, 0) is 4.74 Å². The van der Waals surface area contributed by atoms with Gasteiger partial charge >= 0.3 is 5.69 Å². The van der Waals surface area contributed by atoms with Crippen molar-refractivity contribution in [2.24, 2.45) is 0 Å². The lowest BCUT2D eigenvalue weighted by molar-refractivity contribution is -0.0459. The third-order valence-corrected chi connectivity index (χ3v) is 6.69. The number of H-pyrrole nitrogens is 1. The predicted octanol–water partition coefficient (Wildman–Crippen LogP) is 3.25. The van der Waals surface area contributed by atoms with Crippen molar-refractivity contribution >= 4 is 44.5 Å². The van der Waals surface area contributed by atoms with Gasteiger partial charge in [-0.15, -0.1) is 0 Å². The van der Waals surface area contributed by atoms with E-state index in [9.17, 15) is 19.8 Å². The van der Waals surface area contributed by atoms with Gasteiger partial charge in [0.2, 0.25) is 0 Å². The lowest BCUT2D eigenvalue weighted by Gasteiger charge is -2.14. The van der Waals surface area contributed by atoms with Crippen molar-refractivity contribution in [3.63, 3.8) is 0 Å². The van der Waals surface area contributed by atoms with Crippen LogP contribution in [0.5, 0.6) is 0 Å². The fourth-order valence-electron chi connectivity index (χ4n) is 4.97. The molecular formula is C27H22N2O5. The normalized spacial score (nSPS) is 20.9. The molecule has 3 N–H and O–H groups in total. The Kier molecular flexibility index (Phi) is 4.84. The minimum absolute atomic E-state index is 0.148. The SMILES string of the molecule is O=c1[nH]c(=O)n([C@H]2C[C@H](O)[C@@H](CO)O2)cc1C=Cc1ccc2ccc3cccc4ccc1c2c34. The van der Waals surface area contributed by atoms with E-state index in [0.29, 0.717) is 0 Å². The molecule has 1 aromatic heterocycles. The van der Waals surface area contributed by atoms with Gasteiger partial charge in [0.25, 0.3) is 5.56 Å². The highest BCUT2D eigenvalue weighted by Gasteiger charge is 2.35. The lowest BCUT2D eigenvalue weighted by atomic mass is 9.92. The number of aliphatic hydroxyl groups is 2. The third-order valence-electron chi connectivity index (χ3n) is 6.69. The Bertz CT molecular complexity index is 1670. The van der Waals surface area contributed by atoms with Crippen LogP contribution in [-0.4, -0.2) is 38.6 Å². The van der Waals surface area contributed by atoms with E-state index >= 15 is 0 Å². The third kappa shape index (κ3) is 3.25. The average Bonchev–Trinajstić information content (AvgIpc) is 3.22. The van der Waals surface area contributed by atoms with Gasteiger partial charge in [-0.1, -0.05) is 60.7 Å². The van der Waals surface area contributed by atoms with Gasteiger partial charge in [-0.25, -0.2) is 4.79 Å². The predicted molar refractivity (Wildman–Crippen MR) is 132 cm³/mol. The summed E-state index contributed by atoms with van der Waals surface area (Å²) in [5.41, 5.74) is 0.111. The first-order valence-electron chi connectivity index (χ1n) is 11.2. The summed E-state index contributed by atoms with van der Waals surface area (Å²) in [7, 11) is 0. The molecule has 0 spiro atoms. The Morgan fingerprint density at radius 1 is 0.941 bits per heavy atom. The van der Waals surface area contributed by atoms with Gasteiger partial charge in [0.05, 0.1) is 18.3 Å². The number of aliphatic hydroxyl groups excluding tert-OH is 2. The smallest absolute Gasteiger partial charge is 0.330 e. The van der Waals surface area contributed by atoms with E-state index in [0.717, 1.165) is 16.3 Å². The first-order valence-corrected chi connectivity index (χ1v) is 11.2. The zero-order valence-corrected chi connectivity index (χ0v) is 18.1. The van der Waals surface area contributed by atoms with E-state index in [1.54, 1.807) is 6.08 Å². The summed E-state index contributed by atoms with van der Waals surface area (Å²) in [4.78, 5) is 27.2. The summed E-state index contributed by atoms with van der Waals surface area (Å²) in [6, 6.07) is 18.8. The molecule has 0 unspecified atom stereocenters. The van der Waals surface area contributed by atoms with E-state index in [4.69, 9.17) is 4.74 Å². The number of hydrogen-bond acceptors (Lipinski definition) is 5. The van der Waals surface area contributed by atoms with E-state index in [-0.39, 0.29) is 18.6 Å². The number of aromatic amines is 1. The van der Waals surface area contributed by atoms with Crippen LogP contribution in [0.2, 0.25) is 0 Å². The van der Waals surface area contributed by atoms with E-state index in [2.05, 4.69) is 53.5 Å². The molecule has 1 fully saturated rings. The number of hydrogen-bond donors (Lipinski definition) is 3. The minimum Gasteiger partial charge on any atom is -0.394 e. The molecule has 34 heavy (non-hydrogen) atoms. The molecule has 4 aromatic carbocycles. The fraction of sp³-hybridized carbons (Fsp3) is 0.185. The fourth-order valence-corrected chi connectivity index (χ4v) is 4.97. The first-order chi connectivity index (χ1) is 16.5. The number of ether oxygens (including phenoxy) is 1. The van der Waals surface area contributed by atoms with Gasteiger partial charge < -0.3 is 14.9 Å². The van der Waals surface area contributed by atoms with Crippen LogP contribution in [0.4, 0.5) is 0 Å². The average molecular weight is 454 g/mol. The van der Waals surface area contributed by atoms with Crippen molar-refractivity contribution in [2.45, 2.75) is 24.9 Å². The number of nitrogens with zero attached hydrogens (tertiary/aromatic N) is 1. The van der Waals surface area contributed by atoms with Gasteiger partial charge in [-0.3, -0.25) is 14.3 Å². The first kappa shape index (κ1) is 20.8. The highest BCUT2D eigenvalue weighted by atomic mass is 16.5. The molecule has 1 aliphatic heterocycles. The highest BCUT2D eigenvalue weighted by molar-refractivity contribution is 6.24. The molecule has 0 amide bonds. The Morgan fingerprint density at radius 2 is 1.62 bits per heavy atom. The molecule has 5 aromatic rings. The number of aromatic nitrogens is 2. The molecule has 0 radical (unpaired) electrons. The summed E-state index contributed by atoms with van der Waals surface area (Å²) >= 11 is 0. The molecule has 1 saturated heterocycles.